The van der Waals surface area contributed by atoms with Crippen LogP contribution in [0.15, 0.2) is 72.4 Å². The first-order valence-corrected chi connectivity index (χ1v) is 11.8. The summed E-state index contributed by atoms with van der Waals surface area (Å²) in [5.41, 5.74) is 1.32. The van der Waals surface area contributed by atoms with Gasteiger partial charge in [-0.2, -0.15) is 0 Å². The molecule has 3 aromatic rings. The molecule has 1 aliphatic rings. The van der Waals surface area contributed by atoms with Crippen LogP contribution in [0, 0.1) is 0 Å². The fraction of sp³-hybridized carbons (Fsp3) is 0.214. The van der Waals surface area contributed by atoms with Crippen molar-refractivity contribution in [2.45, 2.75) is 26.8 Å². The number of carbonyl (C=O) groups is 3. The predicted octanol–water partition coefficient (Wildman–Crippen LogP) is 4.46. The SMILES string of the molecule is CCOc1ccc(/C(O)=C2/C(=O)C(=O)N(c3cccc(NC(C)=O)c3)C2c2ccccn2)c(OCC)c1. The fourth-order valence-electron chi connectivity index (χ4n) is 4.23. The van der Waals surface area contributed by atoms with Crippen molar-refractivity contribution in [3.63, 3.8) is 0 Å². The Labute approximate surface area is 214 Å². The van der Waals surface area contributed by atoms with Gasteiger partial charge < -0.3 is 19.9 Å². The zero-order valence-electron chi connectivity index (χ0n) is 20.7. The lowest BCUT2D eigenvalue weighted by Crippen LogP contribution is -2.30. The standard InChI is InChI=1S/C28H27N3O6/c1-4-36-20-12-13-21(23(16-20)37-5-2)26(33)24-25(22-11-6-7-14-29-22)31(28(35)27(24)34)19-10-8-9-18(15-19)30-17(3)32/h6-16,25,33H,4-5H2,1-3H3,(H,30,32)/b26-24-. The van der Waals surface area contributed by atoms with Crippen molar-refractivity contribution in [2.75, 3.05) is 23.4 Å². The Morgan fingerprint density at radius 3 is 2.49 bits per heavy atom. The molecule has 9 heteroatoms. The second-order valence-electron chi connectivity index (χ2n) is 8.18. The molecular weight excluding hydrogens is 474 g/mol. The molecule has 37 heavy (non-hydrogen) atoms. The molecule has 4 rings (SSSR count). The lowest BCUT2D eigenvalue weighted by atomic mass is 9.97. The number of hydrogen-bond acceptors (Lipinski definition) is 7. The van der Waals surface area contributed by atoms with Crippen molar-refractivity contribution >= 4 is 34.7 Å². The lowest BCUT2D eigenvalue weighted by molar-refractivity contribution is -0.132. The van der Waals surface area contributed by atoms with Crippen LogP contribution in [-0.4, -0.2) is 40.9 Å². The van der Waals surface area contributed by atoms with Gasteiger partial charge in [0.15, 0.2) is 0 Å². The number of nitrogens with zero attached hydrogens (tertiary/aromatic N) is 2. The van der Waals surface area contributed by atoms with Gasteiger partial charge in [0.05, 0.1) is 30.0 Å². The number of hydrogen-bond donors (Lipinski definition) is 2. The summed E-state index contributed by atoms with van der Waals surface area (Å²) in [6, 6.07) is 15.6. The van der Waals surface area contributed by atoms with Gasteiger partial charge >= 0.3 is 0 Å². The molecule has 0 aliphatic carbocycles. The van der Waals surface area contributed by atoms with Crippen LogP contribution in [0.3, 0.4) is 0 Å². The Kier molecular flexibility index (Phi) is 7.52. The molecule has 1 aliphatic heterocycles. The summed E-state index contributed by atoms with van der Waals surface area (Å²) >= 11 is 0. The Hall–Kier alpha value is -4.66. The van der Waals surface area contributed by atoms with E-state index < -0.39 is 17.7 Å². The van der Waals surface area contributed by atoms with E-state index in [1.807, 2.05) is 6.92 Å². The Balaban J connectivity index is 1.91. The Morgan fingerprint density at radius 2 is 1.81 bits per heavy atom. The summed E-state index contributed by atoms with van der Waals surface area (Å²) in [5, 5.41) is 14.2. The van der Waals surface area contributed by atoms with Crippen molar-refractivity contribution in [2.24, 2.45) is 0 Å². The molecule has 0 bridgehead atoms. The minimum absolute atomic E-state index is 0.126. The first-order chi connectivity index (χ1) is 17.8. The number of carbonyl (C=O) groups excluding carboxylic acids is 3. The summed E-state index contributed by atoms with van der Waals surface area (Å²) in [5.74, 6) is -1.51. The van der Waals surface area contributed by atoms with Crippen LogP contribution in [0.2, 0.25) is 0 Å². The first-order valence-electron chi connectivity index (χ1n) is 11.8. The molecule has 2 heterocycles. The van der Waals surface area contributed by atoms with E-state index in [-0.39, 0.29) is 22.8 Å². The normalized spacial score (nSPS) is 16.5. The van der Waals surface area contributed by atoms with E-state index in [1.165, 1.54) is 11.8 Å². The van der Waals surface area contributed by atoms with Crippen LogP contribution in [0.25, 0.3) is 5.76 Å². The average molecular weight is 502 g/mol. The quantitative estimate of drug-likeness (QED) is 0.266. The fourth-order valence-corrected chi connectivity index (χ4v) is 4.23. The van der Waals surface area contributed by atoms with E-state index >= 15 is 0 Å². The van der Waals surface area contributed by atoms with Gasteiger partial charge in [0.2, 0.25) is 5.91 Å². The van der Waals surface area contributed by atoms with Crippen LogP contribution in [0.5, 0.6) is 11.5 Å². The number of ether oxygens (including phenoxy) is 2. The maximum absolute atomic E-state index is 13.4. The molecule has 1 unspecified atom stereocenters. The molecule has 1 atom stereocenters. The van der Waals surface area contributed by atoms with Gasteiger partial charge in [-0.3, -0.25) is 24.3 Å². The van der Waals surface area contributed by atoms with E-state index in [4.69, 9.17) is 9.47 Å². The van der Waals surface area contributed by atoms with Gasteiger partial charge in [-0.15, -0.1) is 0 Å². The molecule has 2 aromatic carbocycles. The minimum atomic E-state index is -1.02. The van der Waals surface area contributed by atoms with Gasteiger partial charge in [0.25, 0.3) is 11.7 Å². The Bertz CT molecular complexity index is 1370. The monoisotopic (exact) mass is 501 g/mol. The van der Waals surface area contributed by atoms with E-state index in [1.54, 1.807) is 73.8 Å². The number of rotatable bonds is 8. The number of aromatic nitrogens is 1. The summed E-state index contributed by atoms with van der Waals surface area (Å²) in [6.07, 6.45) is 1.55. The van der Waals surface area contributed by atoms with E-state index in [0.717, 1.165) is 0 Å². The second-order valence-corrected chi connectivity index (χ2v) is 8.18. The van der Waals surface area contributed by atoms with Crippen LogP contribution in [-0.2, 0) is 14.4 Å². The smallest absolute Gasteiger partial charge is 0.300 e. The number of pyridine rings is 1. The molecule has 1 aromatic heterocycles. The van der Waals surface area contributed by atoms with Crippen LogP contribution in [0.4, 0.5) is 11.4 Å². The molecule has 190 valence electrons. The molecule has 2 N–H and O–H groups in total. The van der Waals surface area contributed by atoms with Gasteiger partial charge in [-0.05, 0) is 56.3 Å². The molecule has 0 spiro atoms. The number of amides is 2. The zero-order chi connectivity index (χ0) is 26.5. The van der Waals surface area contributed by atoms with Crippen molar-refractivity contribution < 1.29 is 29.0 Å². The number of benzene rings is 2. The highest BCUT2D eigenvalue weighted by atomic mass is 16.5. The van der Waals surface area contributed by atoms with Gasteiger partial charge in [-0.1, -0.05) is 12.1 Å². The first kappa shape index (κ1) is 25.4. The van der Waals surface area contributed by atoms with Crippen molar-refractivity contribution in [1.29, 1.82) is 0 Å². The minimum Gasteiger partial charge on any atom is -0.507 e. The number of Topliss-reactive ketones (excluding diaryl/α,β-unsaturated/α-hetero) is 1. The molecule has 0 saturated carbocycles. The number of aliphatic hydroxyl groups excluding tert-OH is 1. The van der Waals surface area contributed by atoms with Crippen molar-refractivity contribution in [3.05, 3.63) is 83.7 Å². The number of ketones is 1. The third-order valence-corrected chi connectivity index (χ3v) is 5.68. The topological polar surface area (TPSA) is 118 Å². The molecular formula is C28H27N3O6. The van der Waals surface area contributed by atoms with Crippen LogP contribution < -0.4 is 19.7 Å². The average Bonchev–Trinajstić information content (AvgIpc) is 3.15. The predicted molar refractivity (Wildman–Crippen MR) is 139 cm³/mol. The molecule has 0 radical (unpaired) electrons. The maximum Gasteiger partial charge on any atom is 0.300 e. The van der Waals surface area contributed by atoms with Crippen LogP contribution in [0.1, 0.15) is 38.1 Å². The molecule has 1 fully saturated rings. The van der Waals surface area contributed by atoms with Crippen molar-refractivity contribution in [1.82, 2.24) is 4.98 Å². The summed E-state index contributed by atoms with van der Waals surface area (Å²) in [6.45, 7) is 5.78. The second kappa shape index (κ2) is 10.9. The largest absolute Gasteiger partial charge is 0.507 e. The number of nitrogens with one attached hydrogen (secondary N) is 1. The summed E-state index contributed by atoms with van der Waals surface area (Å²) < 4.78 is 11.3. The third-order valence-electron chi connectivity index (χ3n) is 5.68. The summed E-state index contributed by atoms with van der Waals surface area (Å²) in [7, 11) is 0. The highest BCUT2D eigenvalue weighted by molar-refractivity contribution is 6.51. The summed E-state index contributed by atoms with van der Waals surface area (Å²) in [4.78, 5) is 44.0. The molecule has 9 nitrogen and oxygen atoms in total. The Morgan fingerprint density at radius 1 is 1.03 bits per heavy atom. The zero-order valence-corrected chi connectivity index (χ0v) is 20.7. The maximum atomic E-state index is 13.4. The van der Waals surface area contributed by atoms with Gasteiger partial charge in [0.1, 0.15) is 23.3 Å². The molecule has 2 amide bonds. The van der Waals surface area contributed by atoms with E-state index in [9.17, 15) is 19.5 Å². The number of aliphatic hydroxyl groups is 1. The van der Waals surface area contributed by atoms with Gasteiger partial charge in [0, 0.05) is 30.6 Å². The van der Waals surface area contributed by atoms with Gasteiger partial charge in [-0.25, -0.2) is 0 Å². The van der Waals surface area contributed by atoms with E-state index in [2.05, 4.69) is 10.3 Å². The molecule has 1 saturated heterocycles. The van der Waals surface area contributed by atoms with E-state index in [0.29, 0.717) is 41.8 Å². The van der Waals surface area contributed by atoms with Crippen LogP contribution >= 0.6 is 0 Å². The highest BCUT2D eigenvalue weighted by Crippen LogP contribution is 2.43. The highest BCUT2D eigenvalue weighted by Gasteiger charge is 2.48. The van der Waals surface area contributed by atoms with Crippen molar-refractivity contribution in [3.8, 4) is 11.5 Å². The third kappa shape index (κ3) is 5.16. The number of anilines is 2. The lowest BCUT2D eigenvalue weighted by Gasteiger charge is -2.25.